The number of thioether (sulfide) groups is 1. The van der Waals surface area contributed by atoms with Gasteiger partial charge in [0.05, 0.1) is 10.7 Å². The molecule has 4 nitrogen and oxygen atoms in total. The summed E-state index contributed by atoms with van der Waals surface area (Å²) in [5.41, 5.74) is 5.72. The van der Waals surface area contributed by atoms with Gasteiger partial charge in [0.15, 0.2) is 0 Å². The molecule has 0 amide bonds. The summed E-state index contributed by atoms with van der Waals surface area (Å²) in [6.07, 6.45) is 1.91. The molecule has 108 valence electrons. The maximum Gasteiger partial charge on any atom is 0.244 e. The summed E-state index contributed by atoms with van der Waals surface area (Å²) >= 11 is 13.2. The molecule has 0 aliphatic heterocycles. The van der Waals surface area contributed by atoms with Crippen LogP contribution in [0.25, 0.3) is 0 Å². The molecule has 8 heteroatoms. The number of nitrogen functional groups attached to an aromatic ring is 1. The molecule has 0 aliphatic carbocycles. The Kier molecular flexibility index (Phi) is 5.43. The second-order valence-electron chi connectivity index (χ2n) is 4.59. The van der Waals surface area contributed by atoms with Crippen molar-refractivity contribution in [2.24, 2.45) is 0 Å². The lowest BCUT2D eigenvalue weighted by Gasteiger charge is -2.22. The van der Waals surface area contributed by atoms with Crippen molar-refractivity contribution in [3.05, 3.63) is 22.2 Å². The molecule has 19 heavy (non-hydrogen) atoms. The number of rotatable bonds is 5. The van der Waals surface area contributed by atoms with Gasteiger partial charge in [0.1, 0.15) is 4.90 Å². The molecule has 1 aromatic carbocycles. The van der Waals surface area contributed by atoms with Crippen LogP contribution in [0.3, 0.4) is 0 Å². The standard InChI is InChI=1S/C11H16Cl2N2O2S2/c1-11(2,18-3)6-15-19(16,17)10-8(13)4-7(12)5-9(10)14/h4-5,15H,6,14H2,1-3H3. The van der Waals surface area contributed by atoms with Crippen molar-refractivity contribution in [3.8, 4) is 0 Å². The molecule has 1 rings (SSSR count). The Morgan fingerprint density at radius 3 is 2.42 bits per heavy atom. The first kappa shape index (κ1) is 16.9. The van der Waals surface area contributed by atoms with Gasteiger partial charge in [-0.05, 0) is 32.2 Å². The van der Waals surface area contributed by atoms with E-state index in [4.69, 9.17) is 28.9 Å². The predicted molar refractivity (Wildman–Crippen MR) is 83.7 cm³/mol. The van der Waals surface area contributed by atoms with Crippen LogP contribution in [-0.4, -0.2) is 26.0 Å². The number of benzene rings is 1. The molecule has 0 saturated carbocycles. The van der Waals surface area contributed by atoms with E-state index in [-0.39, 0.29) is 26.9 Å². The van der Waals surface area contributed by atoms with E-state index in [0.717, 1.165) is 0 Å². The Morgan fingerprint density at radius 1 is 1.37 bits per heavy atom. The lowest BCUT2D eigenvalue weighted by molar-refractivity contribution is 0.571. The molecule has 0 aromatic heterocycles. The average molecular weight is 343 g/mol. The van der Waals surface area contributed by atoms with Crippen molar-refractivity contribution in [2.75, 3.05) is 18.5 Å². The summed E-state index contributed by atoms with van der Waals surface area (Å²) in [7, 11) is -3.76. The van der Waals surface area contributed by atoms with Crippen molar-refractivity contribution in [1.82, 2.24) is 4.72 Å². The molecule has 1 aromatic rings. The first-order valence-corrected chi connectivity index (χ1v) is 8.85. The fourth-order valence-electron chi connectivity index (χ4n) is 1.28. The zero-order valence-corrected chi connectivity index (χ0v) is 14.0. The van der Waals surface area contributed by atoms with Gasteiger partial charge in [0, 0.05) is 16.3 Å². The minimum Gasteiger partial charge on any atom is -0.398 e. The predicted octanol–water partition coefficient (Wildman–Crippen LogP) is 3.00. The highest BCUT2D eigenvalue weighted by molar-refractivity contribution is 8.00. The molecule has 0 unspecified atom stereocenters. The van der Waals surface area contributed by atoms with Crippen LogP contribution in [0, 0.1) is 0 Å². The van der Waals surface area contributed by atoms with Crippen LogP contribution in [0.15, 0.2) is 17.0 Å². The second kappa shape index (κ2) is 6.10. The maximum absolute atomic E-state index is 12.2. The highest BCUT2D eigenvalue weighted by atomic mass is 35.5. The van der Waals surface area contributed by atoms with Gasteiger partial charge in [-0.1, -0.05) is 23.2 Å². The van der Waals surface area contributed by atoms with Gasteiger partial charge in [-0.2, -0.15) is 11.8 Å². The average Bonchev–Trinajstić information content (AvgIpc) is 2.25. The Balaban J connectivity index is 3.09. The normalized spacial score (nSPS) is 12.7. The van der Waals surface area contributed by atoms with E-state index in [9.17, 15) is 8.42 Å². The van der Waals surface area contributed by atoms with E-state index >= 15 is 0 Å². The number of anilines is 1. The molecule has 0 atom stereocenters. The fraction of sp³-hybridized carbons (Fsp3) is 0.455. The van der Waals surface area contributed by atoms with Crippen molar-refractivity contribution in [2.45, 2.75) is 23.5 Å². The van der Waals surface area contributed by atoms with Gasteiger partial charge in [0.2, 0.25) is 10.0 Å². The molecule has 0 saturated heterocycles. The number of nitrogens with two attached hydrogens (primary N) is 1. The summed E-state index contributed by atoms with van der Waals surface area (Å²) in [5.74, 6) is 0. The SMILES string of the molecule is CSC(C)(C)CNS(=O)(=O)c1c(N)cc(Cl)cc1Cl. The summed E-state index contributed by atoms with van der Waals surface area (Å²) in [6.45, 7) is 4.15. The highest BCUT2D eigenvalue weighted by Crippen LogP contribution is 2.31. The van der Waals surface area contributed by atoms with Crippen LogP contribution in [0.1, 0.15) is 13.8 Å². The Hall–Kier alpha value is -0.140. The summed E-state index contributed by atoms with van der Waals surface area (Å²) in [4.78, 5) is -0.129. The monoisotopic (exact) mass is 342 g/mol. The fourth-order valence-corrected chi connectivity index (χ4v) is 3.78. The largest absolute Gasteiger partial charge is 0.398 e. The van der Waals surface area contributed by atoms with Crippen LogP contribution >= 0.6 is 35.0 Å². The van der Waals surface area contributed by atoms with E-state index in [1.807, 2.05) is 20.1 Å². The summed E-state index contributed by atoms with van der Waals surface area (Å²) in [6, 6.07) is 2.72. The van der Waals surface area contributed by atoms with Crippen LogP contribution in [0.5, 0.6) is 0 Å². The van der Waals surface area contributed by atoms with Crippen LogP contribution in [-0.2, 0) is 10.0 Å². The zero-order valence-electron chi connectivity index (χ0n) is 10.8. The Labute approximate surface area is 128 Å². The third kappa shape index (κ3) is 4.43. The molecule has 0 bridgehead atoms. The molecule has 0 spiro atoms. The van der Waals surface area contributed by atoms with E-state index in [1.165, 1.54) is 12.1 Å². The molecule has 0 heterocycles. The first-order chi connectivity index (χ1) is 8.59. The van der Waals surface area contributed by atoms with Gasteiger partial charge < -0.3 is 5.73 Å². The lowest BCUT2D eigenvalue weighted by atomic mass is 10.2. The highest BCUT2D eigenvalue weighted by Gasteiger charge is 2.25. The number of hydrogen-bond acceptors (Lipinski definition) is 4. The van der Waals surface area contributed by atoms with Crippen LogP contribution in [0.4, 0.5) is 5.69 Å². The number of sulfonamides is 1. The molecular weight excluding hydrogens is 327 g/mol. The summed E-state index contributed by atoms with van der Waals surface area (Å²) in [5, 5.41) is 0.311. The molecule has 0 radical (unpaired) electrons. The lowest BCUT2D eigenvalue weighted by Crippen LogP contribution is -2.36. The smallest absolute Gasteiger partial charge is 0.244 e. The zero-order chi connectivity index (χ0) is 14.8. The Morgan fingerprint density at radius 2 is 1.95 bits per heavy atom. The third-order valence-corrected chi connectivity index (χ3v) is 5.94. The minimum absolute atomic E-state index is 0.0134. The number of nitrogens with one attached hydrogen (secondary N) is 1. The van der Waals surface area contributed by atoms with Crippen molar-refractivity contribution in [3.63, 3.8) is 0 Å². The van der Waals surface area contributed by atoms with E-state index in [0.29, 0.717) is 5.02 Å². The molecule has 3 N–H and O–H groups in total. The first-order valence-electron chi connectivity index (χ1n) is 5.38. The quantitative estimate of drug-likeness (QED) is 0.806. The van der Waals surface area contributed by atoms with Crippen molar-refractivity contribution in [1.29, 1.82) is 0 Å². The van der Waals surface area contributed by atoms with E-state index < -0.39 is 10.0 Å². The Bertz CT molecular complexity index is 551. The van der Waals surface area contributed by atoms with E-state index in [2.05, 4.69) is 4.72 Å². The molecule has 0 aliphatic rings. The van der Waals surface area contributed by atoms with Gasteiger partial charge in [0.25, 0.3) is 0 Å². The second-order valence-corrected chi connectivity index (χ2v) is 8.66. The van der Waals surface area contributed by atoms with E-state index in [1.54, 1.807) is 11.8 Å². The number of halogens is 2. The van der Waals surface area contributed by atoms with Gasteiger partial charge in [-0.25, -0.2) is 13.1 Å². The maximum atomic E-state index is 12.2. The third-order valence-electron chi connectivity index (χ3n) is 2.55. The summed E-state index contributed by atoms with van der Waals surface area (Å²) < 4.78 is 26.7. The van der Waals surface area contributed by atoms with Crippen LogP contribution < -0.4 is 10.5 Å². The molecule has 0 fully saturated rings. The van der Waals surface area contributed by atoms with Gasteiger partial charge >= 0.3 is 0 Å². The topological polar surface area (TPSA) is 72.2 Å². The number of hydrogen-bond donors (Lipinski definition) is 2. The van der Waals surface area contributed by atoms with Gasteiger partial charge in [-0.15, -0.1) is 0 Å². The molecular formula is C11H16Cl2N2O2S2. The van der Waals surface area contributed by atoms with Gasteiger partial charge in [-0.3, -0.25) is 0 Å². The minimum atomic E-state index is -3.76. The van der Waals surface area contributed by atoms with Crippen molar-refractivity contribution < 1.29 is 8.42 Å². The van der Waals surface area contributed by atoms with Crippen LogP contribution in [0.2, 0.25) is 10.0 Å². The van der Waals surface area contributed by atoms with Crippen molar-refractivity contribution >= 4 is 50.7 Å².